The Morgan fingerprint density at radius 1 is 1.32 bits per heavy atom. The average molecular weight is 278 g/mol. The van der Waals surface area contributed by atoms with Gasteiger partial charge in [0.2, 0.25) is 5.95 Å². The van der Waals surface area contributed by atoms with Crippen LogP contribution in [0.2, 0.25) is 5.15 Å². The standard InChI is InChI=1S/C13H16ClN5/c1-10-4-2-3-6-19(10)12-8-11(14)16-13(17-12)18-7-5-15-9-18/h5,7-10H,2-4,6H2,1H3. The Morgan fingerprint density at radius 3 is 2.95 bits per heavy atom. The molecule has 0 bridgehead atoms. The van der Waals surface area contributed by atoms with Crippen molar-refractivity contribution in [2.75, 3.05) is 11.4 Å². The van der Waals surface area contributed by atoms with Gasteiger partial charge in [-0.3, -0.25) is 4.57 Å². The van der Waals surface area contributed by atoms with Crippen LogP contribution in [0.15, 0.2) is 24.8 Å². The molecule has 0 radical (unpaired) electrons. The van der Waals surface area contributed by atoms with Gasteiger partial charge in [0, 0.05) is 31.0 Å². The molecule has 100 valence electrons. The van der Waals surface area contributed by atoms with Gasteiger partial charge in [0.25, 0.3) is 0 Å². The molecule has 0 spiro atoms. The number of halogens is 1. The van der Waals surface area contributed by atoms with Crippen molar-refractivity contribution in [1.82, 2.24) is 19.5 Å². The Morgan fingerprint density at radius 2 is 2.21 bits per heavy atom. The van der Waals surface area contributed by atoms with Gasteiger partial charge in [-0.15, -0.1) is 0 Å². The van der Waals surface area contributed by atoms with Crippen LogP contribution in [0.3, 0.4) is 0 Å². The summed E-state index contributed by atoms with van der Waals surface area (Å²) in [6.45, 7) is 3.25. The van der Waals surface area contributed by atoms with Gasteiger partial charge < -0.3 is 4.90 Å². The van der Waals surface area contributed by atoms with Crippen molar-refractivity contribution in [1.29, 1.82) is 0 Å². The number of rotatable bonds is 2. The molecular weight excluding hydrogens is 262 g/mol. The summed E-state index contributed by atoms with van der Waals surface area (Å²) in [7, 11) is 0. The van der Waals surface area contributed by atoms with Crippen molar-refractivity contribution >= 4 is 17.4 Å². The third-order valence-electron chi connectivity index (χ3n) is 3.50. The summed E-state index contributed by atoms with van der Waals surface area (Å²) in [5, 5.41) is 0.464. The molecule has 19 heavy (non-hydrogen) atoms. The maximum Gasteiger partial charge on any atom is 0.238 e. The first-order valence-electron chi connectivity index (χ1n) is 6.53. The molecule has 1 aliphatic heterocycles. The number of hydrogen-bond acceptors (Lipinski definition) is 4. The Labute approximate surface area is 117 Å². The van der Waals surface area contributed by atoms with Crippen LogP contribution in [0, 0.1) is 0 Å². The topological polar surface area (TPSA) is 46.8 Å². The molecule has 1 aliphatic rings. The minimum atomic E-state index is 0.464. The second kappa shape index (κ2) is 5.17. The van der Waals surface area contributed by atoms with E-state index in [1.54, 1.807) is 17.1 Å². The summed E-state index contributed by atoms with van der Waals surface area (Å²) in [6.07, 6.45) is 8.87. The molecule has 3 heterocycles. The van der Waals surface area contributed by atoms with Gasteiger partial charge in [-0.2, -0.15) is 4.98 Å². The second-order valence-corrected chi connectivity index (χ2v) is 5.24. The molecule has 1 atom stereocenters. The molecular formula is C13H16ClN5. The SMILES string of the molecule is CC1CCCCN1c1cc(Cl)nc(-n2ccnc2)n1. The van der Waals surface area contributed by atoms with Crippen molar-refractivity contribution in [2.45, 2.75) is 32.2 Å². The van der Waals surface area contributed by atoms with E-state index in [9.17, 15) is 0 Å². The van der Waals surface area contributed by atoms with Crippen LogP contribution >= 0.6 is 11.6 Å². The zero-order chi connectivity index (χ0) is 13.2. The van der Waals surface area contributed by atoms with E-state index in [1.165, 1.54) is 19.3 Å². The van der Waals surface area contributed by atoms with Gasteiger partial charge in [0.05, 0.1) is 0 Å². The van der Waals surface area contributed by atoms with Gasteiger partial charge in [-0.25, -0.2) is 9.97 Å². The van der Waals surface area contributed by atoms with Gasteiger partial charge in [0.1, 0.15) is 17.3 Å². The Bertz CT molecular complexity index is 554. The Balaban J connectivity index is 1.97. The fraction of sp³-hybridized carbons (Fsp3) is 0.462. The first kappa shape index (κ1) is 12.4. The van der Waals surface area contributed by atoms with Gasteiger partial charge in [-0.05, 0) is 26.2 Å². The lowest BCUT2D eigenvalue weighted by atomic mass is 10.0. The number of piperidine rings is 1. The number of nitrogens with zero attached hydrogens (tertiary/aromatic N) is 5. The van der Waals surface area contributed by atoms with Gasteiger partial charge in [-0.1, -0.05) is 11.6 Å². The zero-order valence-corrected chi connectivity index (χ0v) is 11.6. The molecule has 2 aromatic heterocycles. The van der Waals surface area contributed by atoms with E-state index < -0.39 is 0 Å². The van der Waals surface area contributed by atoms with Gasteiger partial charge >= 0.3 is 0 Å². The molecule has 6 heteroatoms. The molecule has 0 saturated carbocycles. The van der Waals surface area contributed by atoms with Crippen LogP contribution in [-0.2, 0) is 0 Å². The second-order valence-electron chi connectivity index (χ2n) is 4.86. The molecule has 1 fully saturated rings. The number of hydrogen-bond donors (Lipinski definition) is 0. The zero-order valence-electron chi connectivity index (χ0n) is 10.8. The minimum absolute atomic E-state index is 0.464. The van der Waals surface area contributed by atoms with Crippen LogP contribution in [-0.4, -0.2) is 32.1 Å². The third-order valence-corrected chi connectivity index (χ3v) is 3.70. The predicted octanol–water partition coefficient (Wildman–Crippen LogP) is 2.69. The highest BCUT2D eigenvalue weighted by molar-refractivity contribution is 6.29. The Hall–Kier alpha value is -1.62. The highest BCUT2D eigenvalue weighted by Gasteiger charge is 2.20. The van der Waals surface area contributed by atoms with Crippen LogP contribution in [0.25, 0.3) is 5.95 Å². The largest absolute Gasteiger partial charge is 0.354 e. The molecule has 3 rings (SSSR count). The smallest absolute Gasteiger partial charge is 0.238 e. The minimum Gasteiger partial charge on any atom is -0.354 e. The molecule has 1 unspecified atom stereocenters. The third kappa shape index (κ3) is 2.56. The normalized spacial score (nSPS) is 19.7. The summed E-state index contributed by atoms with van der Waals surface area (Å²) >= 11 is 6.12. The fourth-order valence-corrected chi connectivity index (χ4v) is 2.65. The van der Waals surface area contributed by atoms with Crippen LogP contribution < -0.4 is 4.90 Å². The van der Waals surface area contributed by atoms with E-state index in [1.807, 2.05) is 12.3 Å². The van der Waals surface area contributed by atoms with Gasteiger partial charge in [0.15, 0.2) is 0 Å². The van der Waals surface area contributed by atoms with Crippen molar-refractivity contribution < 1.29 is 0 Å². The maximum absolute atomic E-state index is 6.12. The molecule has 0 amide bonds. The molecule has 0 aromatic carbocycles. The number of aromatic nitrogens is 4. The maximum atomic E-state index is 6.12. The molecule has 2 aromatic rings. The Kier molecular flexibility index (Phi) is 3.38. The monoisotopic (exact) mass is 277 g/mol. The van der Waals surface area contributed by atoms with E-state index in [2.05, 4.69) is 26.8 Å². The first-order valence-corrected chi connectivity index (χ1v) is 6.91. The number of anilines is 1. The quantitative estimate of drug-likeness (QED) is 0.792. The summed E-state index contributed by atoms with van der Waals surface area (Å²) in [4.78, 5) is 15.2. The van der Waals surface area contributed by atoms with Crippen LogP contribution in [0.4, 0.5) is 5.82 Å². The molecule has 1 saturated heterocycles. The highest BCUT2D eigenvalue weighted by atomic mass is 35.5. The van der Waals surface area contributed by atoms with E-state index >= 15 is 0 Å². The lowest BCUT2D eigenvalue weighted by Crippen LogP contribution is -2.38. The van der Waals surface area contributed by atoms with Crippen molar-refractivity contribution in [3.63, 3.8) is 0 Å². The lowest BCUT2D eigenvalue weighted by molar-refractivity contribution is 0.481. The van der Waals surface area contributed by atoms with Crippen molar-refractivity contribution in [3.8, 4) is 5.95 Å². The average Bonchev–Trinajstić information content (AvgIpc) is 2.92. The summed E-state index contributed by atoms with van der Waals surface area (Å²) < 4.78 is 1.77. The van der Waals surface area contributed by atoms with E-state index in [4.69, 9.17) is 11.6 Å². The van der Waals surface area contributed by atoms with E-state index in [0.29, 0.717) is 17.1 Å². The summed E-state index contributed by atoms with van der Waals surface area (Å²) in [5.41, 5.74) is 0. The van der Waals surface area contributed by atoms with E-state index in [0.717, 1.165) is 12.4 Å². The van der Waals surface area contributed by atoms with Crippen LogP contribution in [0.5, 0.6) is 0 Å². The van der Waals surface area contributed by atoms with Crippen LogP contribution in [0.1, 0.15) is 26.2 Å². The molecule has 0 N–H and O–H groups in total. The molecule has 5 nitrogen and oxygen atoms in total. The highest BCUT2D eigenvalue weighted by Crippen LogP contribution is 2.25. The van der Waals surface area contributed by atoms with Crippen molar-refractivity contribution in [2.24, 2.45) is 0 Å². The fourth-order valence-electron chi connectivity index (χ4n) is 2.47. The predicted molar refractivity (Wildman–Crippen MR) is 74.8 cm³/mol. The van der Waals surface area contributed by atoms with Crippen molar-refractivity contribution in [3.05, 3.63) is 29.9 Å². The lowest BCUT2D eigenvalue weighted by Gasteiger charge is -2.34. The number of imidazole rings is 1. The summed E-state index contributed by atoms with van der Waals surface area (Å²) in [6, 6.07) is 2.33. The first-order chi connectivity index (χ1) is 9.24. The molecule has 0 aliphatic carbocycles. The summed E-state index contributed by atoms with van der Waals surface area (Å²) in [5.74, 6) is 1.47. The van der Waals surface area contributed by atoms with E-state index in [-0.39, 0.29) is 0 Å².